The smallest absolute Gasteiger partial charge is 0.323 e. The lowest BCUT2D eigenvalue weighted by molar-refractivity contribution is -0.137. The fraction of sp³-hybridized carbons (Fsp3) is 0.182. The summed E-state index contributed by atoms with van der Waals surface area (Å²) in [6.07, 6.45) is 0. The number of hydrogen-bond donors (Lipinski definition) is 1. The number of aliphatic carboxylic acids is 1. The number of carboxylic acids is 1. The second-order valence-corrected chi connectivity index (χ2v) is 4.30. The zero-order valence-corrected chi connectivity index (χ0v) is 9.78. The summed E-state index contributed by atoms with van der Waals surface area (Å²) in [5, 5.41) is 9.88. The minimum Gasteiger partial charge on any atom is -0.480 e. The third-order valence-electron chi connectivity index (χ3n) is 2.37. The molecule has 2 rings (SSSR count). The summed E-state index contributed by atoms with van der Waals surface area (Å²) in [4.78, 5) is 10.7. The number of hydrogen-bond acceptors (Lipinski definition) is 1. The molecule has 0 spiro atoms. The van der Waals surface area contributed by atoms with E-state index in [4.69, 9.17) is 5.11 Å². The third kappa shape index (κ3) is 1.77. The van der Waals surface area contributed by atoms with Gasteiger partial charge in [0, 0.05) is 15.6 Å². The van der Waals surface area contributed by atoms with E-state index in [1.165, 1.54) is 0 Å². The standard InChI is InChI=1S/C11H10BrNO2/c1-7-5-8-3-2-4-9(12)11(8)13(7)6-10(14)15/h2-5H,6H2,1H3,(H,14,15). The Balaban J connectivity index is 2.71. The normalized spacial score (nSPS) is 10.8. The van der Waals surface area contributed by atoms with Crippen LogP contribution in [-0.2, 0) is 11.3 Å². The number of carboxylic acid groups (broad SMARTS) is 1. The maximum Gasteiger partial charge on any atom is 0.323 e. The molecule has 0 aliphatic rings. The minimum absolute atomic E-state index is 0.00204. The Labute approximate surface area is 95.5 Å². The molecule has 1 aromatic carbocycles. The van der Waals surface area contributed by atoms with Crippen molar-refractivity contribution in [3.8, 4) is 0 Å². The van der Waals surface area contributed by atoms with Gasteiger partial charge in [-0.1, -0.05) is 12.1 Å². The van der Waals surface area contributed by atoms with Gasteiger partial charge in [-0.2, -0.15) is 0 Å². The van der Waals surface area contributed by atoms with Crippen LogP contribution in [0, 0.1) is 6.92 Å². The van der Waals surface area contributed by atoms with E-state index in [0.717, 1.165) is 21.1 Å². The monoisotopic (exact) mass is 267 g/mol. The van der Waals surface area contributed by atoms with Crippen molar-refractivity contribution in [3.63, 3.8) is 0 Å². The van der Waals surface area contributed by atoms with Gasteiger partial charge in [-0.3, -0.25) is 4.79 Å². The molecule has 0 bridgehead atoms. The molecular formula is C11H10BrNO2. The highest BCUT2D eigenvalue weighted by Gasteiger charge is 2.10. The van der Waals surface area contributed by atoms with Crippen molar-refractivity contribution in [1.29, 1.82) is 0 Å². The molecule has 1 heterocycles. The number of aryl methyl sites for hydroxylation is 1. The Morgan fingerprint density at radius 3 is 2.93 bits per heavy atom. The zero-order chi connectivity index (χ0) is 11.0. The Morgan fingerprint density at radius 2 is 2.27 bits per heavy atom. The number of nitrogens with zero attached hydrogens (tertiary/aromatic N) is 1. The van der Waals surface area contributed by atoms with Gasteiger partial charge in [-0.15, -0.1) is 0 Å². The van der Waals surface area contributed by atoms with Crippen LogP contribution in [0.2, 0.25) is 0 Å². The summed E-state index contributed by atoms with van der Waals surface area (Å²) >= 11 is 3.44. The number of fused-ring (bicyclic) bond motifs is 1. The largest absolute Gasteiger partial charge is 0.480 e. The van der Waals surface area contributed by atoms with Gasteiger partial charge < -0.3 is 9.67 Å². The average molecular weight is 268 g/mol. The molecular weight excluding hydrogens is 258 g/mol. The van der Waals surface area contributed by atoms with Gasteiger partial charge in [0.2, 0.25) is 0 Å². The molecule has 0 atom stereocenters. The average Bonchev–Trinajstić information content (AvgIpc) is 2.43. The van der Waals surface area contributed by atoms with Gasteiger partial charge in [-0.25, -0.2) is 0 Å². The highest BCUT2D eigenvalue weighted by molar-refractivity contribution is 9.10. The van der Waals surface area contributed by atoms with Crippen LogP contribution in [0.4, 0.5) is 0 Å². The Kier molecular flexibility index (Phi) is 2.52. The predicted octanol–water partition coefficient (Wildman–Crippen LogP) is 2.80. The van der Waals surface area contributed by atoms with Crippen LogP contribution in [0.25, 0.3) is 10.9 Å². The first-order chi connectivity index (χ1) is 7.09. The molecule has 15 heavy (non-hydrogen) atoms. The topological polar surface area (TPSA) is 42.2 Å². The van der Waals surface area contributed by atoms with Crippen LogP contribution in [0.15, 0.2) is 28.7 Å². The number of carbonyl (C=O) groups is 1. The Bertz CT molecular complexity index is 531. The Hall–Kier alpha value is -1.29. The molecule has 0 aliphatic carbocycles. The van der Waals surface area contributed by atoms with Gasteiger partial charge >= 0.3 is 5.97 Å². The van der Waals surface area contributed by atoms with Crippen molar-refractivity contribution in [1.82, 2.24) is 4.57 Å². The first-order valence-corrected chi connectivity index (χ1v) is 5.35. The van der Waals surface area contributed by atoms with Crippen LogP contribution < -0.4 is 0 Å². The lowest BCUT2D eigenvalue weighted by Gasteiger charge is -2.05. The van der Waals surface area contributed by atoms with E-state index in [9.17, 15) is 4.79 Å². The van der Waals surface area contributed by atoms with Crippen LogP contribution in [-0.4, -0.2) is 15.6 Å². The van der Waals surface area contributed by atoms with E-state index >= 15 is 0 Å². The van der Waals surface area contributed by atoms with E-state index in [-0.39, 0.29) is 6.54 Å². The van der Waals surface area contributed by atoms with Crippen molar-refractivity contribution >= 4 is 32.8 Å². The number of benzene rings is 1. The predicted molar refractivity (Wildman–Crippen MR) is 62.0 cm³/mol. The van der Waals surface area contributed by atoms with E-state index in [1.54, 1.807) is 4.57 Å². The first-order valence-electron chi connectivity index (χ1n) is 4.56. The van der Waals surface area contributed by atoms with Crippen molar-refractivity contribution in [3.05, 3.63) is 34.4 Å². The van der Waals surface area contributed by atoms with Crippen molar-refractivity contribution in [2.75, 3.05) is 0 Å². The maximum absolute atomic E-state index is 10.7. The van der Waals surface area contributed by atoms with Crippen LogP contribution in [0.3, 0.4) is 0 Å². The van der Waals surface area contributed by atoms with Gasteiger partial charge in [0.1, 0.15) is 6.54 Å². The van der Waals surface area contributed by atoms with Crippen LogP contribution >= 0.6 is 15.9 Å². The second kappa shape index (κ2) is 3.70. The van der Waals surface area contributed by atoms with E-state index in [1.807, 2.05) is 31.2 Å². The summed E-state index contributed by atoms with van der Waals surface area (Å²) in [6, 6.07) is 7.82. The summed E-state index contributed by atoms with van der Waals surface area (Å²) in [5.74, 6) is -0.827. The zero-order valence-electron chi connectivity index (χ0n) is 8.20. The van der Waals surface area contributed by atoms with Gasteiger partial charge in [0.05, 0.1) is 5.52 Å². The van der Waals surface area contributed by atoms with Crippen LogP contribution in [0.1, 0.15) is 5.69 Å². The molecule has 0 amide bonds. The van der Waals surface area contributed by atoms with Gasteiger partial charge in [0.25, 0.3) is 0 Å². The molecule has 4 heteroatoms. The number of halogens is 1. The van der Waals surface area contributed by atoms with Crippen molar-refractivity contribution in [2.24, 2.45) is 0 Å². The van der Waals surface area contributed by atoms with E-state index < -0.39 is 5.97 Å². The number of rotatable bonds is 2. The molecule has 0 radical (unpaired) electrons. The fourth-order valence-electron chi connectivity index (χ4n) is 1.75. The molecule has 1 N–H and O–H groups in total. The van der Waals surface area contributed by atoms with Crippen LogP contribution in [0.5, 0.6) is 0 Å². The molecule has 0 fully saturated rings. The summed E-state index contributed by atoms with van der Waals surface area (Å²) in [5.41, 5.74) is 1.90. The lowest BCUT2D eigenvalue weighted by atomic mass is 10.2. The SMILES string of the molecule is Cc1cc2cccc(Br)c2n1CC(=O)O. The van der Waals surface area contributed by atoms with E-state index in [2.05, 4.69) is 15.9 Å². The minimum atomic E-state index is -0.827. The van der Waals surface area contributed by atoms with Crippen molar-refractivity contribution in [2.45, 2.75) is 13.5 Å². The number of para-hydroxylation sites is 1. The second-order valence-electron chi connectivity index (χ2n) is 3.44. The van der Waals surface area contributed by atoms with Gasteiger partial charge in [0.15, 0.2) is 0 Å². The molecule has 0 aliphatic heterocycles. The summed E-state index contributed by atoms with van der Waals surface area (Å²) < 4.78 is 2.72. The maximum atomic E-state index is 10.7. The van der Waals surface area contributed by atoms with Gasteiger partial charge in [-0.05, 0) is 35.0 Å². The first kappa shape index (κ1) is 10.2. The molecule has 0 saturated heterocycles. The van der Waals surface area contributed by atoms with E-state index in [0.29, 0.717) is 0 Å². The molecule has 2 aromatic rings. The quantitative estimate of drug-likeness (QED) is 0.909. The number of aromatic nitrogens is 1. The Morgan fingerprint density at radius 1 is 1.53 bits per heavy atom. The molecule has 78 valence electrons. The lowest BCUT2D eigenvalue weighted by Crippen LogP contribution is -2.09. The fourth-order valence-corrected chi connectivity index (χ4v) is 2.35. The summed E-state index contributed by atoms with van der Waals surface area (Å²) in [6.45, 7) is 1.91. The highest BCUT2D eigenvalue weighted by atomic mass is 79.9. The highest BCUT2D eigenvalue weighted by Crippen LogP contribution is 2.26. The molecule has 3 nitrogen and oxygen atoms in total. The summed E-state index contributed by atoms with van der Waals surface area (Å²) in [7, 11) is 0. The van der Waals surface area contributed by atoms with Crippen molar-refractivity contribution < 1.29 is 9.90 Å². The molecule has 0 unspecified atom stereocenters. The molecule has 0 saturated carbocycles. The molecule has 1 aromatic heterocycles. The third-order valence-corrected chi connectivity index (χ3v) is 3.01.